The van der Waals surface area contributed by atoms with Crippen LogP contribution in [-0.4, -0.2) is 40.9 Å². The third-order valence-corrected chi connectivity index (χ3v) is 5.06. The molecule has 0 bridgehead atoms. The number of hydrogen-bond acceptors (Lipinski definition) is 3. The largest absolute Gasteiger partial charge is 0.317 e. The fourth-order valence-corrected chi connectivity index (χ4v) is 3.22. The molecule has 2 rings (SSSR count). The molecule has 1 aromatic heterocycles. The van der Waals surface area contributed by atoms with E-state index < -0.39 is 0 Å². The van der Waals surface area contributed by atoms with Gasteiger partial charge in [-0.25, -0.2) is 0 Å². The zero-order valence-electron chi connectivity index (χ0n) is 12.7. The van der Waals surface area contributed by atoms with Crippen molar-refractivity contribution >= 4 is 28.3 Å². The Morgan fingerprint density at radius 3 is 2.50 bits per heavy atom. The van der Waals surface area contributed by atoms with Crippen LogP contribution < -0.4 is 5.32 Å². The highest BCUT2D eigenvalue weighted by Crippen LogP contribution is 2.24. The van der Waals surface area contributed by atoms with Crippen molar-refractivity contribution in [1.29, 1.82) is 0 Å². The average molecular weight is 366 g/mol. The Labute approximate surface area is 136 Å². The highest BCUT2D eigenvalue weighted by Gasteiger charge is 2.21. The topological polar surface area (TPSA) is 33.1 Å². The second kappa shape index (κ2) is 8.37. The Kier molecular flexibility index (Phi) is 7.51. The lowest BCUT2D eigenvalue weighted by Crippen LogP contribution is -2.37. The van der Waals surface area contributed by atoms with Crippen LogP contribution in [0.25, 0.3) is 0 Å². The Hall–Kier alpha value is -0.100. The number of nitrogens with one attached hydrogen (secondary N) is 1. The van der Waals surface area contributed by atoms with Crippen LogP contribution in [0, 0.1) is 12.8 Å². The molecule has 0 radical (unpaired) electrons. The number of halogens is 2. The normalized spacial score (nSPS) is 17.2. The van der Waals surface area contributed by atoms with Crippen LogP contribution in [0.5, 0.6) is 0 Å². The molecule has 0 atom stereocenters. The molecule has 0 aromatic carbocycles. The first-order valence-electron chi connectivity index (χ1n) is 7.22. The fraction of sp³-hybridized carbons (Fsp3) is 0.786. The standard InChI is InChI=1S/C14H25BrN4.ClH/c1-4-16-9-12-5-7-19(8-6-12)10-13-14(15)11(2)17-18(13)3;/h12,16H,4-10H2,1-3H3;1H. The van der Waals surface area contributed by atoms with Gasteiger partial charge in [0, 0.05) is 13.6 Å². The summed E-state index contributed by atoms with van der Waals surface area (Å²) in [5.41, 5.74) is 2.38. The van der Waals surface area contributed by atoms with Gasteiger partial charge in [0.15, 0.2) is 0 Å². The molecule has 1 fully saturated rings. The summed E-state index contributed by atoms with van der Waals surface area (Å²) in [5.74, 6) is 0.855. The second-order valence-electron chi connectivity index (χ2n) is 5.50. The minimum Gasteiger partial charge on any atom is -0.317 e. The summed E-state index contributed by atoms with van der Waals surface area (Å²) in [6.45, 7) is 9.90. The molecule has 0 spiro atoms. The maximum absolute atomic E-state index is 4.46. The van der Waals surface area contributed by atoms with Crippen LogP contribution >= 0.6 is 28.3 Å². The van der Waals surface area contributed by atoms with Crippen LogP contribution in [0.4, 0.5) is 0 Å². The number of aryl methyl sites for hydroxylation is 2. The first-order chi connectivity index (χ1) is 9.11. The maximum Gasteiger partial charge on any atom is 0.0739 e. The summed E-state index contributed by atoms with van der Waals surface area (Å²) in [6.07, 6.45) is 2.61. The molecule has 6 heteroatoms. The molecule has 4 nitrogen and oxygen atoms in total. The summed E-state index contributed by atoms with van der Waals surface area (Å²) in [7, 11) is 2.03. The molecule has 0 amide bonds. The third-order valence-electron chi connectivity index (χ3n) is 4.03. The second-order valence-corrected chi connectivity index (χ2v) is 6.29. The van der Waals surface area contributed by atoms with Gasteiger partial charge >= 0.3 is 0 Å². The van der Waals surface area contributed by atoms with Gasteiger partial charge in [-0.05, 0) is 67.8 Å². The minimum absolute atomic E-state index is 0. The summed E-state index contributed by atoms with van der Waals surface area (Å²) < 4.78 is 3.18. The van der Waals surface area contributed by atoms with E-state index in [1.807, 2.05) is 11.7 Å². The van der Waals surface area contributed by atoms with E-state index in [4.69, 9.17) is 0 Å². The predicted octanol–water partition coefficient (Wildman–Crippen LogP) is 2.73. The van der Waals surface area contributed by atoms with E-state index in [1.54, 1.807) is 0 Å². The van der Waals surface area contributed by atoms with Crippen molar-refractivity contribution in [2.24, 2.45) is 13.0 Å². The van der Waals surface area contributed by atoms with Crippen LogP contribution in [0.2, 0.25) is 0 Å². The number of rotatable bonds is 5. The number of hydrogen-bond donors (Lipinski definition) is 1. The van der Waals surface area contributed by atoms with Crippen molar-refractivity contribution in [2.45, 2.75) is 33.2 Å². The van der Waals surface area contributed by atoms with Gasteiger partial charge in [0.05, 0.1) is 15.9 Å². The highest BCUT2D eigenvalue weighted by atomic mass is 79.9. The monoisotopic (exact) mass is 364 g/mol. The number of nitrogens with zero attached hydrogens (tertiary/aromatic N) is 3. The van der Waals surface area contributed by atoms with Crippen molar-refractivity contribution < 1.29 is 0 Å². The van der Waals surface area contributed by atoms with E-state index in [2.05, 4.69) is 45.1 Å². The lowest BCUT2D eigenvalue weighted by atomic mass is 9.96. The third kappa shape index (κ3) is 4.45. The van der Waals surface area contributed by atoms with E-state index in [0.717, 1.165) is 24.7 Å². The zero-order chi connectivity index (χ0) is 13.8. The van der Waals surface area contributed by atoms with Gasteiger partial charge in [0.2, 0.25) is 0 Å². The number of likely N-dealkylation sites (tertiary alicyclic amines) is 1. The van der Waals surface area contributed by atoms with Crippen molar-refractivity contribution in [3.05, 3.63) is 15.9 Å². The number of aromatic nitrogens is 2. The molecular weight excluding hydrogens is 340 g/mol. The quantitative estimate of drug-likeness (QED) is 0.871. The van der Waals surface area contributed by atoms with Gasteiger partial charge in [-0.1, -0.05) is 6.92 Å². The van der Waals surface area contributed by atoms with E-state index in [-0.39, 0.29) is 12.4 Å². The Morgan fingerprint density at radius 2 is 2.00 bits per heavy atom. The maximum atomic E-state index is 4.46. The van der Waals surface area contributed by atoms with Crippen molar-refractivity contribution in [1.82, 2.24) is 20.0 Å². The predicted molar refractivity (Wildman–Crippen MR) is 89.4 cm³/mol. The van der Waals surface area contributed by atoms with Crippen LogP contribution in [-0.2, 0) is 13.6 Å². The Balaban J connectivity index is 0.00000200. The van der Waals surface area contributed by atoms with E-state index in [9.17, 15) is 0 Å². The van der Waals surface area contributed by atoms with Crippen LogP contribution in [0.1, 0.15) is 31.2 Å². The molecule has 0 saturated carbocycles. The molecule has 20 heavy (non-hydrogen) atoms. The molecule has 2 heterocycles. The van der Waals surface area contributed by atoms with Crippen molar-refractivity contribution in [3.63, 3.8) is 0 Å². The summed E-state index contributed by atoms with van der Waals surface area (Å²) >= 11 is 3.65. The summed E-state index contributed by atoms with van der Waals surface area (Å²) in [4.78, 5) is 2.55. The minimum atomic E-state index is 0. The molecule has 1 N–H and O–H groups in total. The van der Waals surface area contributed by atoms with Gasteiger partial charge in [0.25, 0.3) is 0 Å². The van der Waals surface area contributed by atoms with E-state index in [0.29, 0.717) is 0 Å². The molecular formula is C14H26BrClN4. The molecule has 1 aromatic rings. The first-order valence-corrected chi connectivity index (χ1v) is 8.02. The van der Waals surface area contributed by atoms with Gasteiger partial charge in [-0.15, -0.1) is 12.4 Å². The number of piperidine rings is 1. The van der Waals surface area contributed by atoms with Crippen LogP contribution in [0.15, 0.2) is 4.47 Å². The molecule has 0 aliphatic carbocycles. The lowest BCUT2D eigenvalue weighted by molar-refractivity contribution is 0.172. The Morgan fingerprint density at radius 1 is 1.35 bits per heavy atom. The molecule has 1 aliphatic heterocycles. The highest BCUT2D eigenvalue weighted by molar-refractivity contribution is 9.10. The van der Waals surface area contributed by atoms with E-state index in [1.165, 1.54) is 42.6 Å². The van der Waals surface area contributed by atoms with E-state index >= 15 is 0 Å². The molecule has 116 valence electrons. The average Bonchev–Trinajstić information content (AvgIpc) is 2.64. The van der Waals surface area contributed by atoms with Crippen molar-refractivity contribution in [3.8, 4) is 0 Å². The molecule has 0 unspecified atom stereocenters. The Bertz CT molecular complexity index is 414. The van der Waals surface area contributed by atoms with Crippen LogP contribution in [0.3, 0.4) is 0 Å². The summed E-state index contributed by atoms with van der Waals surface area (Å²) in [6, 6.07) is 0. The molecule has 1 saturated heterocycles. The first kappa shape index (κ1) is 18.0. The van der Waals surface area contributed by atoms with Gasteiger partial charge < -0.3 is 5.32 Å². The summed E-state index contributed by atoms with van der Waals surface area (Å²) in [5, 5.41) is 7.93. The smallest absolute Gasteiger partial charge is 0.0739 e. The van der Waals surface area contributed by atoms with Gasteiger partial charge in [-0.2, -0.15) is 5.10 Å². The van der Waals surface area contributed by atoms with Gasteiger partial charge in [0.1, 0.15) is 0 Å². The fourth-order valence-electron chi connectivity index (χ4n) is 2.76. The SMILES string of the molecule is CCNCC1CCN(Cc2c(Br)c(C)nn2C)CC1.Cl. The van der Waals surface area contributed by atoms with Crippen molar-refractivity contribution in [2.75, 3.05) is 26.2 Å². The van der Waals surface area contributed by atoms with Gasteiger partial charge in [-0.3, -0.25) is 9.58 Å². The zero-order valence-corrected chi connectivity index (χ0v) is 15.1. The lowest BCUT2D eigenvalue weighted by Gasteiger charge is -2.32. The molecule has 1 aliphatic rings.